The van der Waals surface area contributed by atoms with Crippen LogP contribution in [0.25, 0.3) is 0 Å². The number of ether oxygens (including phenoxy) is 2. The highest BCUT2D eigenvalue weighted by Gasteiger charge is 2.07. The summed E-state index contributed by atoms with van der Waals surface area (Å²) >= 11 is 0. The highest BCUT2D eigenvalue weighted by Crippen LogP contribution is 2.29. The van der Waals surface area contributed by atoms with Crippen LogP contribution in [0.3, 0.4) is 0 Å². The predicted molar refractivity (Wildman–Crippen MR) is 70.8 cm³/mol. The van der Waals surface area contributed by atoms with Crippen molar-refractivity contribution in [1.29, 1.82) is 0 Å². The van der Waals surface area contributed by atoms with Crippen LogP contribution in [0.4, 0.5) is 0 Å². The summed E-state index contributed by atoms with van der Waals surface area (Å²) in [5.74, 6) is 1.65. The molecule has 0 aliphatic carbocycles. The lowest BCUT2D eigenvalue weighted by Crippen LogP contribution is -2.08. The van der Waals surface area contributed by atoms with Crippen LogP contribution in [0, 0.1) is 0 Å². The SMILES string of the molecule is CCOc1cc(CCCN)ccc1OC(C)C. The van der Waals surface area contributed by atoms with Crippen LogP contribution in [0.1, 0.15) is 32.8 Å². The van der Waals surface area contributed by atoms with E-state index in [0.717, 1.165) is 24.3 Å². The molecule has 1 aromatic rings. The summed E-state index contributed by atoms with van der Waals surface area (Å²) in [6.07, 6.45) is 2.14. The third-order valence-electron chi connectivity index (χ3n) is 2.34. The summed E-state index contributed by atoms with van der Waals surface area (Å²) in [4.78, 5) is 0. The summed E-state index contributed by atoms with van der Waals surface area (Å²) in [6.45, 7) is 7.37. The standard InChI is InChI=1S/C14H23NO2/c1-4-16-14-10-12(6-5-9-15)7-8-13(14)17-11(2)3/h7-8,10-11H,4-6,9,15H2,1-3H3. The average molecular weight is 237 g/mol. The van der Waals surface area contributed by atoms with Gasteiger partial charge >= 0.3 is 0 Å². The summed E-state index contributed by atoms with van der Waals surface area (Å²) < 4.78 is 11.3. The van der Waals surface area contributed by atoms with E-state index in [1.807, 2.05) is 26.8 Å². The Hall–Kier alpha value is -1.22. The first-order valence-corrected chi connectivity index (χ1v) is 6.29. The van der Waals surface area contributed by atoms with Crippen molar-refractivity contribution in [2.45, 2.75) is 39.7 Å². The number of aryl methyl sites for hydroxylation is 1. The van der Waals surface area contributed by atoms with Crippen molar-refractivity contribution in [1.82, 2.24) is 0 Å². The average Bonchev–Trinajstić information content (AvgIpc) is 2.29. The summed E-state index contributed by atoms with van der Waals surface area (Å²) in [5.41, 5.74) is 6.76. The lowest BCUT2D eigenvalue weighted by atomic mass is 10.1. The van der Waals surface area contributed by atoms with Crippen LogP contribution in [0.15, 0.2) is 18.2 Å². The molecule has 0 unspecified atom stereocenters. The molecular formula is C14H23NO2. The van der Waals surface area contributed by atoms with E-state index in [4.69, 9.17) is 15.2 Å². The topological polar surface area (TPSA) is 44.5 Å². The highest BCUT2D eigenvalue weighted by molar-refractivity contribution is 5.43. The monoisotopic (exact) mass is 237 g/mol. The number of benzene rings is 1. The van der Waals surface area contributed by atoms with Gasteiger partial charge in [0, 0.05) is 0 Å². The van der Waals surface area contributed by atoms with Gasteiger partial charge in [-0.25, -0.2) is 0 Å². The van der Waals surface area contributed by atoms with Gasteiger partial charge in [-0.3, -0.25) is 0 Å². The number of rotatable bonds is 7. The van der Waals surface area contributed by atoms with E-state index < -0.39 is 0 Å². The fourth-order valence-corrected chi connectivity index (χ4v) is 1.63. The minimum atomic E-state index is 0.157. The molecule has 0 heterocycles. The fourth-order valence-electron chi connectivity index (χ4n) is 1.63. The van der Waals surface area contributed by atoms with Crippen LogP contribution in [-0.2, 0) is 6.42 Å². The molecule has 0 radical (unpaired) electrons. The first-order chi connectivity index (χ1) is 8.17. The first-order valence-electron chi connectivity index (χ1n) is 6.29. The van der Waals surface area contributed by atoms with Crippen LogP contribution < -0.4 is 15.2 Å². The Kier molecular flexibility index (Phi) is 5.84. The maximum Gasteiger partial charge on any atom is 0.161 e. The van der Waals surface area contributed by atoms with E-state index in [1.54, 1.807) is 0 Å². The van der Waals surface area contributed by atoms with Gasteiger partial charge < -0.3 is 15.2 Å². The quantitative estimate of drug-likeness (QED) is 0.793. The smallest absolute Gasteiger partial charge is 0.161 e. The molecule has 3 nitrogen and oxygen atoms in total. The Morgan fingerprint density at radius 1 is 1.24 bits per heavy atom. The molecule has 96 valence electrons. The van der Waals surface area contributed by atoms with Crippen molar-refractivity contribution in [3.8, 4) is 11.5 Å². The van der Waals surface area contributed by atoms with Gasteiger partial charge in [0.15, 0.2) is 11.5 Å². The molecule has 1 rings (SSSR count). The lowest BCUT2D eigenvalue weighted by molar-refractivity contribution is 0.223. The third-order valence-corrected chi connectivity index (χ3v) is 2.34. The van der Waals surface area contributed by atoms with Crippen molar-refractivity contribution >= 4 is 0 Å². The van der Waals surface area contributed by atoms with Gasteiger partial charge in [-0.05, 0) is 57.9 Å². The van der Waals surface area contributed by atoms with E-state index in [9.17, 15) is 0 Å². The zero-order valence-corrected chi connectivity index (χ0v) is 11.0. The van der Waals surface area contributed by atoms with Gasteiger partial charge in [-0.15, -0.1) is 0 Å². The van der Waals surface area contributed by atoms with Gasteiger partial charge in [0.05, 0.1) is 12.7 Å². The largest absolute Gasteiger partial charge is 0.490 e. The minimum Gasteiger partial charge on any atom is -0.490 e. The lowest BCUT2D eigenvalue weighted by Gasteiger charge is -2.15. The number of hydrogen-bond acceptors (Lipinski definition) is 3. The van der Waals surface area contributed by atoms with Gasteiger partial charge in [-0.1, -0.05) is 6.07 Å². The van der Waals surface area contributed by atoms with E-state index in [2.05, 4.69) is 12.1 Å². The van der Waals surface area contributed by atoms with Crippen LogP contribution >= 0.6 is 0 Å². The summed E-state index contributed by atoms with van der Waals surface area (Å²) in [6, 6.07) is 6.11. The van der Waals surface area contributed by atoms with Crippen molar-refractivity contribution in [2.75, 3.05) is 13.2 Å². The van der Waals surface area contributed by atoms with Crippen LogP contribution in [0.2, 0.25) is 0 Å². The Bertz CT molecular complexity index is 337. The van der Waals surface area contributed by atoms with E-state index in [1.165, 1.54) is 5.56 Å². The molecule has 0 aromatic heterocycles. The normalized spacial score (nSPS) is 10.6. The third kappa shape index (κ3) is 4.65. The van der Waals surface area contributed by atoms with Crippen molar-refractivity contribution in [2.24, 2.45) is 5.73 Å². The van der Waals surface area contributed by atoms with Gasteiger partial charge in [-0.2, -0.15) is 0 Å². The number of nitrogens with two attached hydrogens (primary N) is 1. The van der Waals surface area contributed by atoms with Gasteiger partial charge in [0.1, 0.15) is 0 Å². The number of hydrogen-bond donors (Lipinski definition) is 1. The van der Waals surface area contributed by atoms with Gasteiger partial charge in [0.25, 0.3) is 0 Å². The maximum atomic E-state index is 5.71. The summed E-state index contributed by atoms with van der Waals surface area (Å²) in [5, 5.41) is 0. The van der Waals surface area contributed by atoms with Crippen molar-refractivity contribution < 1.29 is 9.47 Å². The molecule has 0 aliphatic rings. The summed E-state index contributed by atoms with van der Waals surface area (Å²) in [7, 11) is 0. The predicted octanol–water partition coefficient (Wildman–Crippen LogP) is 2.76. The molecule has 3 heteroatoms. The molecular weight excluding hydrogens is 214 g/mol. The molecule has 0 atom stereocenters. The molecule has 0 amide bonds. The van der Waals surface area contributed by atoms with Crippen molar-refractivity contribution in [3.63, 3.8) is 0 Å². The second-order valence-corrected chi connectivity index (χ2v) is 4.27. The van der Waals surface area contributed by atoms with Crippen LogP contribution in [-0.4, -0.2) is 19.3 Å². The van der Waals surface area contributed by atoms with E-state index in [-0.39, 0.29) is 6.10 Å². The fraction of sp³-hybridized carbons (Fsp3) is 0.571. The zero-order chi connectivity index (χ0) is 12.7. The Morgan fingerprint density at radius 2 is 2.00 bits per heavy atom. The Balaban J connectivity index is 2.83. The maximum absolute atomic E-state index is 5.71. The van der Waals surface area contributed by atoms with Crippen LogP contribution in [0.5, 0.6) is 11.5 Å². The minimum absolute atomic E-state index is 0.157. The molecule has 0 aliphatic heterocycles. The molecule has 17 heavy (non-hydrogen) atoms. The second kappa shape index (κ2) is 7.17. The second-order valence-electron chi connectivity index (χ2n) is 4.27. The zero-order valence-electron chi connectivity index (χ0n) is 11.0. The Labute approximate surface area is 104 Å². The molecule has 1 aromatic carbocycles. The first kappa shape index (κ1) is 13.8. The highest BCUT2D eigenvalue weighted by atomic mass is 16.5. The molecule has 2 N–H and O–H groups in total. The van der Waals surface area contributed by atoms with Gasteiger partial charge in [0.2, 0.25) is 0 Å². The molecule has 0 saturated heterocycles. The van der Waals surface area contributed by atoms with E-state index in [0.29, 0.717) is 13.2 Å². The van der Waals surface area contributed by atoms with E-state index >= 15 is 0 Å². The molecule has 0 fully saturated rings. The van der Waals surface area contributed by atoms with Crippen molar-refractivity contribution in [3.05, 3.63) is 23.8 Å². The molecule has 0 bridgehead atoms. The molecule has 0 saturated carbocycles. The Morgan fingerprint density at radius 3 is 2.59 bits per heavy atom. The molecule has 0 spiro atoms.